The highest BCUT2D eigenvalue weighted by Crippen LogP contribution is 2.26. The molecule has 2 rings (SSSR count). The molecule has 21 heavy (non-hydrogen) atoms. The molecule has 3 N–H and O–H groups in total. The molecular formula is C16H32N4O. The van der Waals surface area contributed by atoms with Crippen LogP contribution in [0.2, 0.25) is 0 Å². The van der Waals surface area contributed by atoms with Gasteiger partial charge >= 0.3 is 0 Å². The Hall–Kier alpha value is -0.650. The van der Waals surface area contributed by atoms with E-state index in [-0.39, 0.29) is 5.91 Å². The Labute approximate surface area is 129 Å². The van der Waals surface area contributed by atoms with E-state index in [0.717, 1.165) is 13.0 Å². The normalized spacial score (nSPS) is 27.8. The van der Waals surface area contributed by atoms with Gasteiger partial charge in [0.15, 0.2) is 0 Å². The zero-order valence-electron chi connectivity index (χ0n) is 14.1. The lowest BCUT2D eigenvalue weighted by Crippen LogP contribution is -2.57. The first-order valence-corrected chi connectivity index (χ1v) is 8.30. The Morgan fingerprint density at radius 1 is 1.48 bits per heavy atom. The minimum atomic E-state index is -0.587. The highest BCUT2D eigenvalue weighted by molar-refractivity contribution is 5.84. The first-order valence-electron chi connectivity index (χ1n) is 8.30. The van der Waals surface area contributed by atoms with Gasteiger partial charge in [0.05, 0.1) is 5.54 Å². The lowest BCUT2D eigenvalue weighted by molar-refractivity contribution is -0.124. The van der Waals surface area contributed by atoms with Crippen LogP contribution in [0.15, 0.2) is 0 Å². The number of hydrogen-bond donors (Lipinski definition) is 2. The summed E-state index contributed by atoms with van der Waals surface area (Å²) in [6.07, 6.45) is 5.68. The largest absolute Gasteiger partial charge is 0.368 e. The molecule has 5 heteroatoms. The van der Waals surface area contributed by atoms with Gasteiger partial charge in [-0.1, -0.05) is 0 Å². The summed E-state index contributed by atoms with van der Waals surface area (Å²) in [5.41, 5.74) is 5.07. The van der Waals surface area contributed by atoms with Crippen molar-refractivity contribution in [1.29, 1.82) is 0 Å². The van der Waals surface area contributed by atoms with Crippen molar-refractivity contribution in [2.45, 2.75) is 69.6 Å². The van der Waals surface area contributed by atoms with E-state index in [1.54, 1.807) is 0 Å². The maximum atomic E-state index is 11.9. The first kappa shape index (κ1) is 16.7. The van der Waals surface area contributed by atoms with Gasteiger partial charge in [-0.25, -0.2) is 0 Å². The third-order valence-corrected chi connectivity index (χ3v) is 5.27. The van der Waals surface area contributed by atoms with Gasteiger partial charge in [0, 0.05) is 24.7 Å². The van der Waals surface area contributed by atoms with E-state index in [0.29, 0.717) is 18.1 Å². The number of nitrogens with one attached hydrogen (secondary N) is 1. The van der Waals surface area contributed by atoms with E-state index in [1.807, 2.05) is 6.92 Å². The van der Waals surface area contributed by atoms with Crippen LogP contribution >= 0.6 is 0 Å². The van der Waals surface area contributed by atoms with Crippen LogP contribution in [0.5, 0.6) is 0 Å². The number of likely N-dealkylation sites (tertiary alicyclic amines) is 1. The lowest BCUT2D eigenvalue weighted by Gasteiger charge is -2.36. The molecule has 1 aliphatic carbocycles. The molecule has 0 radical (unpaired) electrons. The van der Waals surface area contributed by atoms with Crippen molar-refractivity contribution in [2.24, 2.45) is 5.73 Å². The molecule has 3 atom stereocenters. The van der Waals surface area contributed by atoms with Gasteiger partial charge in [0.1, 0.15) is 0 Å². The summed E-state index contributed by atoms with van der Waals surface area (Å²) in [6, 6.07) is 1.47. The van der Waals surface area contributed by atoms with Gasteiger partial charge < -0.3 is 20.9 Å². The van der Waals surface area contributed by atoms with Crippen molar-refractivity contribution in [1.82, 2.24) is 15.1 Å². The molecule has 1 saturated heterocycles. The number of nitrogens with two attached hydrogens (primary N) is 1. The predicted octanol–water partition coefficient (Wildman–Crippen LogP) is 0.787. The minimum absolute atomic E-state index is 0.229. The molecule has 2 fully saturated rings. The summed E-state index contributed by atoms with van der Waals surface area (Å²) in [6.45, 7) is 6.43. The van der Waals surface area contributed by atoms with Gasteiger partial charge in [-0.15, -0.1) is 0 Å². The molecule has 0 aromatic rings. The predicted molar refractivity (Wildman–Crippen MR) is 86.1 cm³/mol. The van der Waals surface area contributed by atoms with Crippen molar-refractivity contribution in [3.63, 3.8) is 0 Å². The Morgan fingerprint density at radius 3 is 2.62 bits per heavy atom. The monoisotopic (exact) mass is 296 g/mol. The molecule has 122 valence electrons. The summed E-state index contributed by atoms with van der Waals surface area (Å²) >= 11 is 0. The molecule has 5 nitrogen and oxygen atoms in total. The number of carbonyl (C=O) groups excluding carboxylic acids is 1. The van der Waals surface area contributed by atoms with Gasteiger partial charge in [-0.3, -0.25) is 4.79 Å². The molecule has 1 amide bonds. The van der Waals surface area contributed by atoms with E-state index in [4.69, 9.17) is 5.73 Å². The summed E-state index contributed by atoms with van der Waals surface area (Å²) in [4.78, 5) is 16.7. The van der Waals surface area contributed by atoms with Crippen LogP contribution in [0, 0.1) is 0 Å². The van der Waals surface area contributed by atoms with Crippen LogP contribution in [0.3, 0.4) is 0 Å². The van der Waals surface area contributed by atoms with E-state index < -0.39 is 5.54 Å². The molecule has 2 aliphatic rings. The van der Waals surface area contributed by atoms with Crippen molar-refractivity contribution in [2.75, 3.05) is 27.2 Å². The third kappa shape index (κ3) is 4.41. The van der Waals surface area contributed by atoms with Gasteiger partial charge in [-0.05, 0) is 66.6 Å². The molecule has 0 aromatic heterocycles. The van der Waals surface area contributed by atoms with Crippen molar-refractivity contribution >= 4 is 5.91 Å². The van der Waals surface area contributed by atoms with Crippen molar-refractivity contribution in [3.8, 4) is 0 Å². The number of primary amides is 1. The Morgan fingerprint density at radius 2 is 2.14 bits per heavy atom. The number of rotatable bonds is 8. The minimum Gasteiger partial charge on any atom is -0.368 e. The summed E-state index contributed by atoms with van der Waals surface area (Å²) in [5.74, 6) is -0.229. The summed E-state index contributed by atoms with van der Waals surface area (Å²) in [7, 11) is 4.37. The van der Waals surface area contributed by atoms with Crippen LogP contribution in [-0.2, 0) is 4.79 Å². The first-order chi connectivity index (χ1) is 9.82. The van der Waals surface area contributed by atoms with Gasteiger partial charge in [0.2, 0.25) is 5.91 Å². The van der Waals surface area contributed by atoms with Crippen LogP contribution in [0.4, 0.5) is 0 Å². The van der Waals surface area contributed by atoms with E-state index in [1.165, 1.54) is 32.2 Å². The Balaban J connectivity index is 1.87. The van der Waals surface area contributed by atoms with Crippen molar-refractivity contribution in [3.05, 3.63) is 0 Å². The Kier molecular flexibility index (Phi) is 5.28. The van der Waals surface area contributed by atoms with Crippen LogP contribution < -0.4 is 11.1 Å². The molecular weight excluding hydrogens is 264 g/mol. The Bertz CT molecular complexity index is 371. The zero-order chi connectivity index (χ0) is 15.6. The van der Waals surface area contributed by atoms with Crippen LogP contribution in [-0.4, -0.2) is 66.6 Å². The zero-order valence-corrected chi connectivity index (χ0v) is 14.1. The molecule has 0 spiro atoms. The molecule has 1 saturated carbocycles. The number of nitrogens with zero attached hydrogens (tertiary/aromatic N) is 2. The number of carbonyl (C=O) groups is 1. The fourth-order valence-corrected chi connectivity index (χ4v) is 3.38. The number of amides is 1. The highest BCUT2D eigenvalue weighted by Gasteiger charge is 2.39. The second-order valence-corrected chi connectivity index (χ2v) is 7.38. The fourth-order valence-electron chi connectivity index (χ4n) is 3.38. The van der Waals surface area contributed by atoms with Crippen molar-refractivity contribution < 1.29 is 4.79 Å². The quantitative estimate of drug-likeness (QED) is 0.695. The van der Waals surface area contributed by atoms with Gasteiger partial charge in [0.25, 0.3) is 0 Å². The maximum Gasteiger partial charge on any atom is 0.237 e. The maximum absolute atomic E-state index is 11.9. The molecule has 1 aliphatic heterocycles. The average molecular weight is 296 g/mol. The second kappa shape index (κ2) is 6.63. The average Bonchev–Trinajstić information content (AvgIpc) is 3.12. The van der Waals surface area contributed by atoms with E-state index in [9.17, 15) is 4.79 Å². The second-order valence-electron chi connectivity index (χ2n) is 7.38. The SMILES string of the molecule is CC(CC(C)(NC1CC1)C(N)=O)N(C)CC1CCCN1C. The number of likely N-dealkylation sites (N-methyl/N-ethyl adjacent to an activating group) is 2. The summed E-state index contributed by atoms with van der Waals surface area (Å²) in [5, 5.41) is 3.44. The third-order valence-electron chi connectivity index (χ3n) is 5.27. The molecule has 1 heterocycles. The number of hydrogen-bond acceptors (Lipinski definition) is 4. The van der Waals surface area contributed by atoms with Gasteiger partial charge in [-0.2, -0.15) is 0 Å². The molecule has 0 aromatic carbocycles. The molecule has 3 unspecified atom stereocenters. The summed E-state index contributed by atoms with van der Waals surface area (Å²) < 4.78 is 0. The van der Waals surface area contributed by atoms with Crippen LogP contribution in [0.25, 0.3) is 0 Å². The standard InChI is InChI=1S/C16H32N4O/c1-12(20(4)11-14-6-5-9-19(14)3)10-16(2,15(17)21)18-13-7-8-13/h12-14,18H,5-11H2,1-4H3,(H2,17,21). The lowest BCUT2D eigenvalue weighted by atomic mass is 9.91. The smallest absolute Gasteiger partial charge is 0.237 e. The van der Waals surface area contributed by atoms with E-state index in [2.05, 4.69) is 36.1 Å². The molecule has 0 bridgehead atoms. The fraction of sp³-hybridized carbons (Fsp3) is 0.938. The topological polar surface area (TPSA) is 61.6 Å². The highest BCUT2D eigenvalue weighted by atomic mass is 16.1. The van der Waals surface area contributed by atoms with E-state index >= 15 is 0 Å². The van der Waals surface area contributed by atoms with Crippen LogP contribution in [0.1, 0.15) is 46.0 Å².